The van der Waals surface area contributed by atoms with Crippen molar-refractivity contribution in [3.8, 4) is 0 Å². The first-order valence-electron chi connectivity index (χ1n) is 6.74. The quantitative estimate of drug-likeness (QED) is 0.737. The summed E-state index contributed by atoms with van der Waals surface area (Å²) in [7, 11) is 0. The molecule has 0 spiro atoms. The number of alkyl halides is 1. The van der Waals surface area contributed by atoms with Crippen molar-refractivity contribution in [3.63, 3.8) is 0 Å². The Hall–Kier alpha value is 0.400. The van der Waals surface area contributed by atoms with E-state index in [1.165, 1.54) is 45.4 Å². The molecule has 0 saturated carbocycles. The number of hydrogen-bond donors (Lipinski definition) is 0. The molecule has 0 amide bonds. The summed E-state index contributed by atoms with van der Waals surface area (Å²) >= 11 is 3.59. The van der Waals surface area contributed by atoms with E-state index in [0.29, 0.717) is 0 Å². The van der Waals surface area contributed by atoms with E-state index in [-0.39, 0.29) is 0 Å². The van der Waals surface area contributed by atoms with Gasteiger partial charge >= 0.3 is 0 Å². The van der Waals surface area contributed by atoms with Crippen LogP contribution in [0, 0.1) is 5.92 Å². The van der Waals surface area contributed by atoms with E-state index in [4.69, 9.17) is 0 Å². The Bertz CT molecular complexity index is 222. The van der Waals surface area contributed by atoms with Crippen molar-refractivity contribution in [3.05, 3.63) is 0 Å². The SMILES string of the molecule is CC(CBr)CN1CC2CCCCN2CC1C. The normalized spacial score (nSPS) is 34.7. The van der Waals surface area contributed by atoms with Gasteiger partial charge in [-0.3, -0.25) is 9.80 Å². The summed E-state index contributed by atoms with van der Waals surface area (Å²) in [5.74, 6) is 0.776. The Balaban J connectivity index is 1.90. The number of hydrogen-bond acceptors (Lipinski definition) is 2. The summed E-state index contributed by atoms with van der Waals surface area (Å²) < 4.78 is 0. The number of fused-ring (bicyclic) bond motifs is 1. The second kappa shape index (κ2) is 5.83. The first-order chi connectivity index (χ1) is 7.70. The molecule has 2 fully saturated rings. The molecule has 0 N–H and O–H groups in total. The van der Waals surface area contributed by atoms with Gasteiger partial charge in [0.15, 0.2) is 0 Å². The van der Waals surface area contributed by atoms with Crippen LogP contribution in [-0.4, -0.2) is 53.4 Å². The van der Waals surface area contributed by atoms with Gasteiger partial charge in [0.2, 0.25) is 0 Å². The summed E-state index contributed by atoms with van der Waals surface area (Å²) in [4.78, 5) is 5.43. The monoisotopic (exact) mass is 288 g/mol. The minimum atomic E-state index is 0.746. The van der Waals surface area contributed by atoms with Crippen molar-refractivity contribution in [1.29, 1.82) is 0 Å². The van der Waals surface area contributed by atoms with Gasteiger partial charge in [0.05, 0.1) is 0 Å². The van der Waals surface area contributed by atoms with Crippen molar-refractivity contribution in [2.45, 2.75) is 45.2 Å². The highest BCUT2D eigenvalue weighted by molar-refractivity contribution is 9.09. The van der Waals surface area contributed by atoms with Gasteiger partial charge in [-0.05, 0) is 32.2 Å². The van der Waals surface area contributed by atoms with Crippen LogP contribution in [0.25, 0.3) is 0 Å². The van der Waals surface area contributed by atoms with Gasteiger partial charge in [-0.15, -0.1) is 0 Å². The largest absolute Gasteiger partial charge is 0.298 e. The van der Waals surface area contributed by atoms with Crippen molar-refractivity contribution in [2.75, 3.05) is 31.5 Å². The first-order valence-corrected chi connectivity index (χ1v) is 7.87. The Labute approximate surface area is 108 Å². The van der Waals surface area contributed by atoms with Crippen LogP contribution in [-0.2, 0) is 0 Å². The molecule has 0 radical (unpaired) electrons. The van der Waals surface area contributed by atoms with Crippen LogP contribution < -0.4 is 0 Å². The molecule has 2 saturated heterocycles. The third-order valence-corrected chi connectivity index (χ3v) is 5.23. The molecule has 3 heteroatoms. The summed E-state index contributed by atoms with van der Waals surface area (Å²) in [6.07, 6.45) is 4.28. The second-order valence-electron chi connectivity index (χ2n) is 5.71. The number of rotatable bonds is 3. The molecular formula is C13H25BrN2. The number of halogens is 1. The molecule has 94 valence electrons. The second-order valence-corrected chi connectivity index (χ2v) is 6.35. The van der Waals surface area contributed by atoms with Gasteiger partial charge in [0.25, 0.3) is 0 Å². The molecule has 0 aliphatic carbocycles. The highest BCUT2D eigenvalue weighted by Gasteiger charge is 2.32. The lowest BCUT2D eigenvalue weighted by molar-refractivity contribution is 0.0103. The highest BCUT2D eigenvalue weighted by Crippen LogP contribution is 2.24. The van der Waals surface area contributed by atoms with Crippen LogP contribution in [0.1, 0.15) is 33.1 Å². The Morgan fingerprint density at radius 2 is 2.12 bits per heavy atom. The molecular weight excluding hydrogens is 264 g/mol. The third-order valence-electron chi connectivity index (χ3n) is 4.13. The molecule has 2 aliphatic heterocycles. The smallest absolute Gasteiger partial charge is 0.0223 e. The van der Waals surface area contributed by atoms with Gasteiger partial charge in [-0.25, -0.2) is 0 Å². The zero-order valence-corrected chi connectivity index (χ0v) is 12.2. The van der Waals surface area contributed by atoms with Crippen LogP contribution in [0.5, 0.6) is 0 Å². The van der Waals surface area contributed by atoms with Crippen LogP contribution in [0.15, 0.2) is 0 Å². The van der Waals surface area contributed by atoms with Gasteiger partial charge in [0.1, 0.15) is 0 Å². The Morgan fingerprint density at radius 1 is 1.31 bits per heavy atom. The average Bonchev–Trinajstić information content (AvgIpc) is 2.30. The Morgan fingerprint density at radius 3 is 2.88 bits per heavy atom. The van der Waals surface area contributed by atoms with Gasteiger partial charge in [-0.1, -0.05) is 29.3 Å². The standard InChI is InChI=1S/C13H25BrN2/c1-11(7-14)8-16-10-13-5-3-4-6-15(13)9-12(16)2/h11-13H,3-10H2,1-2H3. The van der Waals surface area contributed by atoms with Crippen molar-refractivity contribution in [2.24, 2.45) is 5.92 Å². The zero-order valence-electron chi connectivity index (χ0n) is 10.7. The topological polar surface area (TPSA) is 6.48 Å². The number of nitrogens with zero attached hydrogens (tertiary/aromatic N) is 2. The third kappa shape index (κ3) is 2.99. The summed E-state index contributed by atoms with van der Waals surface area (Å²) in [6, 6.07) is 1.60. The fraction of sp³-hybridized carbons (Fsp3) is 1.00. The molecule has 0 aromatic carbocycles. The van der Waals surface area contributed by atoms with Gasteiger partial charge in [0, 0.05) is 37.0 Å². The van der Waals surface area contributed by atoms with Gasteiger partial charge < -0.3 is 0 Å². The maximum Gasteiger partial charge on any atom is 0.0223 e. The van der Waals surface area contributed by atoms with E-state index in [1.807, 2.05) is 0 Å². The predicted octanol–water partition coefficient (Wildman–Crippen LogP) is 2.58. The van der Waals surface area contributed by atoms with Crippen molar-refractivity contribution >= 4 is 15.9 Å². The van der Waals surface area contributed by atoms with Crippen molar-refractivity contribution in [1.82, 2.24) is 9.80 Å². The number of piperazine rings is 1. The van der Waals surface area contributed by atoms with Crippen LogP contribution in [0.3, 0.4) is 0 Å². The van der Waals surface area contributed by atoms with E-state index in [2.05, 4.69) is 39.6 Å². The maximum absolute atomic E-state index is 3.59. The van der Waals surface area contributed by atoms with Crippen molar-refractivity contribution < 1.29 is 0 Å². The highest BCUT2D eigenvalue weighted by atomic mass is 79.9. The molecule has 0 aromatic rings. The van der Waals surface area contributed by atoms with Crippen LogP contribution in [0.2, 0.25) is 0 Å². The minimum Gasteiger partial charge on any atom is -0.298 e. The van der Waals surface area contributed by atoms with Crippen LogP contribution in [0.4, 0.5) is 0 Å². The minimum absolute atomic E-state index is 0.746. The average molecular weight is 289 g/mol. The molecule has 0 bridgehead atoms. The lowest BCUT2D eigenvalue weighted by Gasteiger charge is -2.48. The van der Waals surface area contributed by atoms with E-state index < -0.39 is 0 Å². The summed E-state index contributed by atoms with van der Waals surface area (Å²) in [5, 5.41) is 1.13. The lowest BCUT2D eigenvalue weighted by atomic mass is 9.96. The summed E-state index contributed by atoms with van der Waals surface area (Å²) in [6.45, 7) is 9.94. The molecule has 2 heterocycles. The molecule has 0 aromatic heterocycles. The van der Waals surface area contributed by atoms with E-state index in [1.54, 1.807) is 0 Å². The molecule has 3 unspecified atom stereocenters. The maximum atomic E-state index is 3.59. The molecule has 2 rings (SSSR count). The van der Waals surface area contributed by atoms with E-state index in [9.17, 15) is 0 Å². The summed E-state index contributed by atoms with van der Waals surface area (Å²) in [5.41, 5.74) is 0. The zero-order chi connectivity index (χ0) is 11.5. The van der Waals surface area contributed by atoms with Gasteiger partial charge in [-0.2, -0.15) is 0 Å². The fourth-order valence-corrected chi connectivity index (χ4v) is 3.32. The molecule has 3 atom stereocenters. The first kappa shape index (κ1) is 12.8. The molecule has 16 heavy (non-hydrogen) atoms. The molecule has 2 aliphatic rings. The lowest BCUT2D eigenvalue weighted by Crippen LogP contribution is -2.59. The Kier molecular flexibility index (Phi) is 4.68. The molecule has 2 nitrogen and oxygen atoms in total. The number of piperidine rings is 1. The van der Waals surface area contributed by atoms with Crippen LogP contribution >= 0.6 is 15.9 Å². The van der Waals surface area contributed by atoms with E-state index >= 15 is 0 Å². The fourth-order valence-electron chi connectivity index (χ4n) is 3.12. The van der Waals surface area contributed by atoms with E-state index in [0.717, 1.165) is 23.3 Å². The predicted molar refractivity (Wildman–Crippen MR) is 73.2 cm³/mol.